The summed E-state index contributed by atoms with van der Waals surface area (Å²) >= 11 is 0. The van der Waals surface area contributed by atoms with Crippen molar-refractivity contribution in [1.29, 1.82) is 0 Å². The number of rotatable bonds is 6. The summed E-state index contributed by atoms with van der Waals surface area (Å²) in [5, 5.41) is 3.00. The van der Waals surface area contributed by atoms with Crippen LogP contribution >= 0.6 is 0 Å². The van der Waals surface area contributed by atoms with E-state index < -0.39 is 6.04 Å². The first kappa shape index (κ1) is 19.7. The van der Waals surface area contributed by atoms with Crippen LogP contribution in [-0.4, -0.2) is 23.8 Å². The summed E-state index contributed by atoms with van der Waals surface area (Å²) in [4.78, 5) is 28.2. The summed E-state index contributed by atoms with van der Waals surface area (Å²) < 4.78 is 5.23. The van der Waals surface area contributed by atoms with Gasteiger partial charge in [-0.15, -0.1) is 0 Å². The Balaban J connectivity index is 1.63. The van der Waals surface area contributed by atoms with Crippen molar-refractivity contribution in [2.45, 2.75) is 25.6 Å². The van der Waals surface area contributed by atoms with Crippen LogP contribution in [-0.2, 0) is 11.3 Å². The number of ether oxygens (including phenoxy) is 1. The van der Waals surface area contributed by atoms with Crippen molar-refractivity contribution in [3.63, 3.8) is 0 Å². The van der Waals surface area contributed by atoms with Crippen LogP contribution in [0.15, 0.2) is 78.9 Å². The fourth-order valence-corrected chi connectivity index (χ4v) is 3.93. The third-order valence-corrected chi connectivity index (χ3v) is 5.57. The van der Waals surface area contributed by atoms with Crippen molar-refractivity contribution in [3.05, 3.63) is 101 Å². The molecule has 0 radical (unpaired) electrons. The number of methoxy groups -OCH3 is 1. The number of carbonyl (C=O) groups excluding carboxylic acids is 2. The fourth-order valence-electron chi connectivity index (χ4n) is 3.93. The van der Waals surface area contributed by atoms with Gasteiger partial charge < -0.3 is 15.0 Å². The Morgan fingerprint density at radius 1 is 1.00 bits per heavy atom. The third kappa shape index (κ3) is 3.66. The number of carbonyl (C=O) groups is 2. The van der Waals surface area contributed by atoms with Gasteiger partial charge in [-0.05, 0) is 41.8 Å². The molecule has 2 atom stereocenters. The van der Waals surface area contributed by atoms with E-state index in [0.29, 0.717) is 12.1 Å². The highest BCUT2D eigenvalue weighted by Crippen LogP contribution is 2.40. The molecule has 30 heavy (non-hydrogen) atoms. The Hall–Kier alpha value is -3.60. The van der Waals surface area contributed by atoms with E-state index in [0.717, 1.165) is 22.4 Å². The Morgan fingerprint density at radius 3 is 2.37 bits per heavy atom. The van der Waals surface area contributed by atoms with E-state index in [1.54, 1.807) is 18.1 Å². The second kappa shape index (κ2) is 8.41. The van der Waals surface area contributed by atoms with E-state index >= 15 is 0 Å². The molecule has 0 fully saturated rings. The van der Waals surface area contributed by atoms with Crippen molar-refractivity contribution < 1.29 is 14.3 Å². The number of benzene rings is 3. The van der Waals surface area contributed by atoms with Gasteiger partial charge in [-0.2, -0.15) is 0 Å². The maximum atomic E-state index is 13.2. The quantitative estimate of drug-likeness (QED) is 0.672. The van der Waals surface area contributed by atoms with Crippen LogP contribution in [0.3, 0.4) is 0 Å². The van der Waals surface area contributed by atoms with E-state index in [4.69, 9.17) is 4.74 Å². The minimum Gasteiger partial charge on any atom is -0.497 e. The van der Waals surface area contributed by atoms with E-state index in [-0.39, 0.29) is 17.9 Å². The van der Waals surface area contributed by atoms with Gasteiger partial charge in [-0.1, -0.05) is 60.7 Å². The van der Waals surface area contributed by atoms with Gasteiger partial charge in [0.05, 0.1) is 13.2 Å². The summed E-state index contributed by atoms with van der Waals surface area (Å²) in [5.41, 5.74) is 3.28. The molecule has 1 aliphatic rings. The molecule has 1 heterocycles. The van der Waals surface area contributed by atoms with Crippen LogP contribution in [0.4, 0.5) is 0 Å². The first-order chi connectivity index (χ1) is 14.6. The minimum atomic E-state index is -0.672. The molecule has 1 aliphatic heterocycles. The van der Waals surface area contributed by atoms with Gasteiger partial charge in [0.15, 0.2) is 0 Å². The summed E-state index contributed by atoms with van der Waals surface area (Å²) in [6.45, 7) is 2.36. The Labute approximate surface area is 176 Å². The minimum absolute atomic E-state index is 0.131. The van der Waals surface area contributed by atoms with E-state index in [2.05, 4.69) is 5.32 Å². The molecule has 3 aromatic carbocycles. The monoisotopic (exact) mass is 400 g/mol. The molecule has 1 N–H and O–H groups in total. The lowest BCUT2D eigenvalue weighted by Crippen LogP contribution is -2.40. The zero-order chi connectivity index (χ0) is 21.1. The van der Waals surface area contributed by atoms with Crippen molar-refractivity contribution in [3.8, 4) is 5.75 Å². The smallest absolute Gasteiger partial charge is 0.255 e. The normalized spacial score (nSPS) is 16.1. The zero-order valence-corrected chi connectivity index (χ0v) is 17.0. The van der Waals surface area contributed by atoms with Crippen molar-refractivity contribution in [2.75, 3.05) is 7.11 Å². The molecule has 152 valence electrons. The highest BCUT2D eigenvalue weighted by molar-refractivity contribution is 6.04. The second-order valence-electron chi connectivity index (χ2n) is 7.35. The number of nitrogens with zero attached hydrogens (tertiary/aromatic N) is 1. The van der Waals surface area contributed by atoms with Crippen LogP contribution in [0.5, 0.6) is 5.75 Å². The van der Waals surface area contributed by atoms with Crippen LogP contribution in [0.1, 0.15) is 46.1 Å². The molecule has 3 aromatic rings. The third-order valence-electron chi connectivity index (χ3n) is 5.57. The molecule has 5 nitrogen and oxygen atoms in total. The van der Waals surface area contributed by atoms with Crippen LogP contribution in [0.25, 0.3) is 0 Å². The standard InChI is InChI=1S/C25H24N2O3/c1-17(19-12-14-20(30-2)15-13-19)27-23(21-10-6-7-11-22(21)25(27)29)24(28)26-16-18-8-4-3-5-9-18/h3-15,17,23H,16H2,1-2H3,(H,26,28)/t17-,23?/m1/s1. The molecule has 0 spiro atoms. The number of fused-ring (bicyclic) bond motifs is 1. The Morgan fingerprint density at radius 2 is 1.67 bits per heavy atom. The number of hydrogen-bond acceptors (Lipinski definition) is 3. The Kier molecular flexibility index (Phi) is 5.53. The molecule has 0 aromatic heterocycles. The van der Waals surface area contributed by atoms with Gasteiger partial charge in [-0.25, -0.2) is 0 Å². The SMILES string of the molecule is COc1ccc([C@@H](C)N2C(=O)c3ccccc3C2C(=O)NCc2ccccc2)cc1. The fraction of sp³-hybridized carbons (Fsp3) is 0.200. The lowest BCUT2D eigenvalue weighted by molar-refractivity contribution is -0.126. The summed E-state index contributed by atoms with van der Waals surface area (Å²) in [5.74, 6) is 0.436. The average molecular weight is 400 g/mol. The van der Waals surface area contributed by atoms with Crippen LogP contribution in [0, 0.1) is 0 Å². The first-order valence-electron chi connectivity index (χ1n) is 9.97. The zero-order valence-electron chi connectivity index (χ0n) is 17.0. The number of hydrogen-bond donors (Lipinski definition) is 1. The van der Waals surface area contributed by atoms with Crippen molar-refractivity contribution >= 4 is 11.8 Å². The Bertz CT molecular complexity index is 1050. The lowest BCUT2D eigenvalue weighted by Gasteiger charge is -2.31. The molecular formula is C25H24N2O3. The predicted molar refractivity (Wildman–Crippen MR) is 115 cm³/mol. The second-order valence-corrected chi connectivity index (χ2v) is 7.35. The molecule has 4 rings (SSSR count). The largest absolute Gasteiger partial charge is 0.497 e. The van der Waals surface area contributed by atoms with Crippen LogP contribution < -0.4 is 10.1 Å². The lowest BCUT2D eigenvalue weighted by atomic mass is 10.0. The van der Waals surface area contributed by atoms with Crippen LogP contribution in [0.2, 0.25) is 0 Å². The summed E-state index contributed by atoms with van der Waals surface area (Å²) in [6.07, 6.45) is 0. The summed E-state index contributed by atoms with van der Waals surface area (Å²) in [6, 6.07) is 23.7. The van der Waals surface area contributed by atoms with E-state index in [9.17, 15) is 9.59 Å². The molecule has 5 heteroatoms. The molecule has 0 saturated heterocycles. The van der Waals surface area contributed by atoms with Gasteiger partial charge in [0.1, 0.15) is 11.8 Å². The molecule has 0 saturated carbocycles. The maximum absolute atomic E-state index is 13.2. The van der Waals surface area contributed by atoms with Crippen molar-refractivity contribution in [1.82, 2.24) is 10.2 Å². The topological polar surface area (TPSA) is 58.6 Å². The summed E-state index contributed by atoms with van der Waals surface area (Å²) in [7, 11) is 1.62. The molecule has 0 aliphatic carbocycles. The number of nitrogens with one attached hydrogen (secondary N) is 1. The highest BCUT2D eigenvalue weighted by atomic mass is 16.5. The van der Waals surface area contributed by atoms with Crippen molar-refractivity contribution in [2.24, 2.45) is 0 Å². The molecule has 1 unspecified atom stereocenters. The molecule has 0 bridgehead atoms. The molecule has 2 amide bonds. The van der Waals surface area contributed by atoms with Gasteiger partial charge >= 0.3 is 0 Å². The van der Waals surface area contributed by atoms with Gasteiger partial charge in [0.2, 0.25) is 5.91 Å². The number of amides is 2. The van der Waals surface area contributed by atoms with E-state index in [1.165, 1.54) is 0 Å². The maximum Gasteiger partial charge on any atom is 0.255 e. The predicted octanol–water partition coefficient (Wildman–Crippen LogP) is 4.27. The first-order valence-corrected chi connectivity index (χ1v) is 9.97. The molecular weight excluding hydrogens is 376 g/mol. The van der Waals surface area contributed by atoms with Gasteiger partial charge in [0, 0.05) is 12.1 Å². The van der Waals surface area contributed by atoms with Gasteiger partial charge in [-0.3, -0.25) is 9.59 Å². The van der Waals surface area contributed by atoms with E-state index in [1.807, 2.05) is 79.7 Å². The van der Waals surface area contributed by atoms with Gasteiger partial charge in [0.25, 0.3) is 5.91 Å². The highest BCUT2D eigenvalue weighted by Gasteiger charge is 2.43. The average Bonchev–Trinajstić information content (AvgIpc) is 3.10.